The van der Waals surface area contributed by atoms with E-state index in [2.05, 4.69) is 16.0 Å². The number of halogens is 1. The van der Waals surface area contributed by atoms with Gasteiger partial charge in [-0.3, -0.25) is 34.2 Å². The molecule has 1 fully saturated rings. The number of nitrogens with one attached hydrogen (secondary N) is 3. The monoisotopic (exact) mass is 446 g/mol. The number of amides is 5. The van der Waals surface area contributed by atoms with E-state index in [1.54, 1.807) is 0 Å². The Kier molecular flexibility index (Phi) is 7.55. The third-order valence-corrected chi connectivity index (χ3v) is 5.50. The van der Waals surface area contributed by atoms with Gasteiger partial charge in [0.05, 0.1) is 16.8 Å². The Morgan fingerprint density at radius 1 is 1.09 bits per heavy atom. The lowest BCUT2D eigenvalue weighted by Crippen LogP contribution is -2.54. The van der Waals surface area contributed by atoms with Crippen LogP contribution in [0.3, 0.4) is 0 Å². The number of unbranched alkanes of at least 4 members (excludes halogenated alkanes) is 2. The van der Waals surface area contributed by atoms with Crippen molar-refractivity contribution >= 4 is 35.2 Å². The molecule has 1 unspecified atom stereocenters. The van der Waals surface area contributed by atoms with E-state index < -0.39 is 35.5 Å². The lowest BCUT2D eigenvalue weighted by Gasteiger charge is -2.27. The Morgan fingerprint density at radius 2 is 1.81 bits per heavy atom. The van der Waals surface area contributed by atoms with Crippen molar-refractivity contribution in [2.75, 3.05) is 18.4 Å². The minimum Gasteiger partial charge on any atom is -0.383 e. The smallest absolute Gasteiger partial charge is 0.262 e. The number of piperidine rings is 1. The molecule has 0 saturated carbocycles. The van der Waals surface area contributed by atoms with Crippen LogP contribution in [0, 0.1) is 5.82 Å². The quantitative estimate of drug-likeness (QED) is 0.371. The second-order valence-corrected chi connectivity index (χ2v) is 7.91. The van der Waals surface area contributed by atoms with Crippen molar-refractivity contribution in [3.63, 3.8) is 0 Å². The Hall–Kier alpha value is -3.30. The number of nitrogens with zero attached hydrogens (tertiary/aromatic N) is 1. The summed E-state index contributed by atoms with van der Waals surface area (Å²) in [5.74, 6) is -3.24. The van der Waals surface area contributed by atoms with E-state index in [-0.39, 0.29) is 35.6 Å². The highest BCUT2D eigenvalue weighted by molar-refractivity contribution is 6.23. The predicted molar refractivity (Wildman–Crippen MR) is 113 cm³/mol. The molecule has 2 heterocycles. The zero-order valence-electron chi connectivity index (χ0n) is 18.0. The third kappa shape index (κ3) is 5.12. The topological polar surface area (TPSA) is 125 Å². The van der Waals surface area contributed by atoms with Gasteiger partial charge in [0.1, 0.15) is 11.9 Å². The van der Waals surface area contributed by atoms with E-state index in [0.717, 1.165) is 30.2 Å². The highest BCUT2D eigenvalue weighted by Gasteiger charge is 2.45. The molecule has 3 rings (SSSR count). The average Bonchev–Trinajstić information content (AvgIpc) is 2.98. The number of rotatable bonds is 10. The van der Waals surface area contributed by atoms with Crippen molar-refractivity contribution in [3.05, 3.63) is 29.1 Å². The van der Waals surface area contributed by atoms with Crippen molar-refractivity contribution in [3.8, 4) is 0 Å². The maximum atomic E-state index is 14.5. The summed E-state index contributed by atoms with van der Waals surface area (Å²) in [4.78, 5) is 61.3. The molecule has 10 heteroatoms. The van der Waals surface area contributed by atoms with E-state index >= 15 is 0 Å². The van der Waals surface area contributed by atoms with Crippen LogP contribution in [0.5, 0.6) is 0 Å². The van der Waals surface area contributed by atoms with Crippen LogP contribution in [-0.2, 0) is 14.4 Å². The van der Waals surface area contributed by atoms with Crippen LogP contribution in [0.2, 0.25) is 0 Å². The van der Waals surface area contributed by atoms with Gasteiger partial charge >= 0.3 is 0 Å². The molecule has 1 saturated heterocycles. The molecule has 32 heavy (non-hydrogen) atoms. The van der Waals surface area contributed by atoms with Crippen LogP contribution in [0.4, 0.5) is 10.1 Å². The van der Waals surface area contributed by atoms with Crippen molar-refractivity contribution in [1.82, 2.24) is 15.5 Å². The van der Waals surface area contributed by atoms with E-state index in [1.807, 2.05) is 6.92 Å². The first kappa shape index (κ1) is 23.4. The van der Waals surface area contributed by atoms with Crippen LogP contribution < -0.4 is 16.0 Å². The number of imide groups is 2. The maximum Gasteiger partial charge on any atom is 0.262 e. The number of anilines is 1. The molecule has 0 aromatic heterocycles. The van der Waals surface area contributed by atoms with Gasteiger partial charge in [0.25, 0.3) is 11.8 Å². The zero-order valence-corrected chi connectivity index (χ0v) is 18.0. The van der Waals surface area contributed by atoms with E-state index in [9.17, 15) is 28.4 Å². The molecule has 0 radical (unpaired) electrons. The van der Waals surface area contributed by atoms with E-state index in [4.69, 9.17) is 0 Å². The number of carbonyl (C=O) groups is 5. The van der Waals surface area contributed by atoms with Gasteiger partial charge in [-0.25, -0.2) is 4.39 Å². The number of hydrogen-bond donors (Lipinski definition) is 3. The van der Waals surface area contributed by atoms with Gasteiger partial charge in [0.15, 0.2) is 0 Å². The van der Waals surface area contributed by atoms with E-state index in [0.29, 0.717) is 25.9 Å². The van der Waals surface area contributed by atoms with Crippen LogP contribution in [-0.4, -0.2) is 53.6 Å². The normalized spacial score (nSPS) is 17.9. The lowest BCUT2D eigenvalue weighted by atomic mass is 10.0. The predicted octanol–water partition coefficient (Wildman–Crippen LogP) is 1.73. The summed E-state index contributed by atoms with van der Waals surface area (Å²) < 4.78 is 14.5. The number of fused-ring (bicyclic) bond motifs is 1. The highest BCUT2D eigenvalue weighted by Crippen LogP contribution is 2.31. The summed E-state index contributed by atoms with van der Waals surface area (Å²) in [6.07, 6.45) is 3.59. The van der Waals surface area contributed by atoms with Crippen LogP contribution in [0.1, 0.15) is 72.6 Å². The maximum absolute atomic E-state index is 14.5. The van der Waals surface area contributed by atoms with Gasteiger partial charge in [0, 0.05) is 25.9 Å². The molecule has 172 valence electrons. The minimum atomic E-state index is -1.09. The van der Waals surface area contributed by atoms with Gasteiger partial charge < -0.3 is 10.6 Å². The first-order valence-electron chi connectivity index (χ1n) is 10.9. The summed E-state index contributed by atoms with van der Waals surface area (Å²) >= 11 is 0. The van der Waals surface area contributed by atoms with Crippen LogP contribution in [0.15, 0.2) is 12.1 Å². The van der Waals surface area contributed by atoms with Crippen molar-refractivity contribution in [1.29, 1.82) is 0 Å². The van der Waals surface area contributed by atoms with Crippen molar-refractivity contribution < 1.29 is 28.4 Å². The summed E-state index contributed by atoms with van der Waals surface area (Å²) in [5, 5.41) is 7.86. The molecule has 1 aromatic rings. The largest absolute Gasteiger partial charge is 0.383 e. The molecule has 0 spiro atoms. The second-order valence-electron chi connectivity index (χ2n) is 7.91. The standard InChI is InChI=1S/C22H27FN4O5/c1-2-9-25-18(28)6-4-3-5-10-24-16-12-14-13(11-15(16)23)21(31)27(22(14)32)17-7-8-19(29)26-20(17)30/h11-12,17,24H,2-10H2,1H3,(H,25,28)(H,26,29,30). The molecule has 9 nitrogen and oxygen atoms in total. The fourth-order valence-electron chi connectivity index (χ4n) is 3.79. The average molecular weight is 446 g/mol. The van der Waals surface area contributed by atoms with Crippen LogP contribution >= 0.6 is 0 Å². The Labute approximate surface area is 185 Å². The Balaban J connectivity index is 1.56. The summed E-state index contributed by atoms with van der Waals surface area (Å²) in [6.45, 7) is 3.09. The Bertz CT molecular complexity index is 948. The van der Waals surface area contributed by atoms with Gasteiger partial charge in [-0.05, 0) is 37.8 Å². The molecule has 2 aliphatic rings. The van der Waals surface area contributed by atoms with Gasteiger partial charge in [-0.15, -0.1) is 0 Å². The zero-order chi connectivity index (χ0) is 23.3. The summed E-state index contributed by atoms with van der Waals surface area (Å²) in [7, 11) is 0. The van der Waals surface area contributed by atoms with E-state index in [1.165, 1.54) is 6.07 Å². The fourth-order valence-corrected chi connectivity index (χ4v) is 3.79. The minimum absolute atomic E-state index is 0.0191. The lowest BCUT2D eigenvalue weighted by molar-refractivity contribution is -0.136. The SMILES string of the molecule is CCCNC(=O)CCCCCNc1cc2c(cc1F)C(=O)N(C1CCC(=O)NC1=O)C2=O. The first-order chi connectivity index (χ1) is 15.3. The number of benzene rings is 1. The molecule has 0 aliphatic carbocycles. The molecule has 5 amide bonds. The molecular formula is C22H27FN4O5. The van der Waals surface area contributed by atoms with Gasteiger partial charge in [0.2, 0.25) is 17.7 Å². The van der Waals surface area contributed by atoms with Crippen LogP contribution in [0.25, 0.3) is 0 Å². The molecule has 3 N–H and O–H groups in total. The first-order valence-corrected chi connectivity index (χ1v) is 10.9. The molecule has 0 bridgehead atoms. The molecule has 1 atom stereocenters. The third-order valence-electron chi connectivity index (χ3n) is 5.50. The van der Waals surface area contributed by atoms with Gasteiger partial charge in [-0.2, -0.15) is 0 Å². The van der Waals surface area contributed by atoms with Crippen molar-refractivity contribution in [2.45, 2.75) is 57.9 Å². The number of carbonyl (C=O) groups excluding carboxylic acids is 5. The second kappa shape index (κ2) is 10.3. The summed E-state index contributed by atoms with van der Waals surface area (Å²) in [6, 6.07) is 1.20. The highest BCUT2D eigenvalue weighted by atomic mass is 19.1. The van der Waals surface area contributed by atoms with Gasteiger partial charge in [-0.1, -0.05) is 13.3 Å². The fraction of sp³-hybridized carbons (Fsp3) is 0.500. The number of hydrogen-bond acceptors (Lipinski definition) is 6. The van der Waals surface area contributed by atoms with Crippen molar-refractivity contribution in [2.24, 2.45) is 0 Å². The summed E-state index contributed by atoms with van der Waals surface area (Å²) in [5.41, 5.74) is 0.0211. The molecule has 2 aliphatic heterocycles. The Morgan fingerprint density at radius 3 is 2.50 bits per heavy atom. The molecular weight excluding hydrogens is 419 g/mol. The molecule has 1 aromatic carbocycles.